The smallest absolute Gasteiger partial charge is 0.274 e. The van der Waals surface area contributed by atoms with E-state index in [1.807, 2.05) is 0 Å². The Balaban J connectivity index is 1.85. The zero-order valence-electron chi connectivity index (χ0n) is 11.4. The van der Waals surface area contributed by atoms with Crippen LogP contribution in [0.1, 0.15) is 36.2 Å². The highest BCUT2D eigenvalue weighted by atomic mass is 16.3. The Bertz CT molecular complexity index is 659. The molecular weight excluding hydrogens is 272 g/mol. The second-order valence-electron chi connectivity index (χ2n) is 5.19. The molecule has 1 aromatic carbocycles. The first-order valence-corrected chi connectivity index (χ1v) is 6.92. The average Bonchev–Trinajstić information content (AvgIpc) is 3.12. The minimum atomic E-state index is -0.279. The van der Waals surface area contributed by atoms with E-state index < -0.39 is 0 Å². The second kappa shape index (κ2) is 5.47. The Morgan fingerprint density at radius 1 is 1.24 bits per heavy atom. The third-order valence-electron chi connectivity index (χ3n) is 3.71. The van der Waals surface area contributed by atoms with Gasteiger partial charge in [-0.3, -0.25) is 4.79 Å². The molecule has 0 aliphatic heterocycles. The number of phenolic OH excluding ortho intramolecular Hbond substituents is 2. The highest BCUT2D eigenvalue weighted by molar-refractivity contribution is 5.97. The summed E-state index contributed by atoms with van der Waals surface area (Å²) in [5.74, 6) is -0.500. The molecule has 1 aliphatic carbocycles. The summed E-state index contributed by atoms with van der Waals surface area (Å²) in [7, 11) is 0. The van der Waals surface area contributed by atoms with Gasteiger partial charge in [0.25, 0.3) is 5.91 Å². The fraction of sp³-hybridized carbons (Fsp3) is 0.333. The van der Waals surface area contributed by atoms with E-state index in [-0.39, 0.29) is 34.9 Å². The Morgan fingerprint density at radius 2 is 2.00 bits per heavy atom. The summed E-state index contributed by atoms with van der Waals surface area (Å²) in [4.78, 5) is 16.2. The second-order valence-corrected chi connectivity index (χ2v) is 5.19. The Labute approximate surface area is 121 Å². The van der Waals surface area contributed by atoms with Gasteiger partial charge in [0.1, 0.15) is 0 Å². The fourth-order valence-corrected chi connectivity index (χ4v) is 2.60. The van der Waals surface area contributed by atoms with Crippen molar-refractivity contribution >= 4 is 5.91 Å². The van der Waals surface area contributed by atoms with Crippen LogP contribution in [0.15, 0.2) is 29.0 Å². The van der Waals surface area contributed by atoms with Crippen LogP contribution < -0.4 is 5.32 Å². The molecule has 1 aliphatic rings. The lowest BCUT2D eigenvalue weighted by Crippen LogP contribution is -2.33. The summed E-state index contributed by atoms with van der Waals surface area (Å²) in [6.45, 7) is 0. The zero-order valence-corrected chi connectivity index (χ0v) is 11.4. The first-order chi connectivity index (χ1) is 10.1. The third-order valence-corrected chi connectivity index (χ3v) is 3.71. The SMILES string of the molecule is O=C(NC1CCCC1)c1ncoc1-c1ccc(O)c(O)c1. The van der Waals surface area contributed by atoms with Gasteiger partial charge in [-0.15, -0.1) is 0 Å². The van der Waals surface area contributed by atoms with Crippen LogP contribution in [0.5, 0.6) is 11.5 Å². The molecule has 0 radical (unpaired) electrons. The molecule has 1 amide bonds. The maximum Gasteiger partial charge on any atom is 0.274 e. The highest BCUT2D eigenvalue weighted by Gasteiger charge is 2.23. The fourth-order valence-electron chi connectivity index (χ4n) is 2.60. The first kappa shape index (κ1) is 13.5. The van der Waals surface area contributed by atoms with Gasteiger partial charge in [0, 0.05) is 11.6 Å². The maximum absolute atomic E-state index is 12.3. The molecule has 6 nitrogen and oxygen atoms in total. The Kier molecular flexibility index (Phi) is 3.51. The molecule has 1 aromatic heterocycles. The normalized spacial score (nSPS) is 15.2. The molecule has 1 heterocycles. The van der Waals surface area contributed by atoms with Gasteiger partial charge in [0.15, 0.2) is 29.3 Å². The van der Waals surface area contributed by atoms with E-state index in [1.165, 1.54) is 18.5 Å². The van der Waals surface area contributed by atoms with Crippen molar-refractivity contribution in [1.82, 2.24) is 10.3 Å². The average molecular weight is 288 g/mol. The van der Waals surface area contributed by atoms with Gasteiger partial charge >= 0.3 is 0 Å². The van der Waals surface area contributed by atoms with Crippen LogP contribution in [0.4, 0.5) is 0 Å². The molecule has 0 bridgehead atoms. The molecular formula is C15H16N2O4. The molecule has 0 atom stereocenters. The third kappa shape index (κ3) is 2.69. The number of nitrogens with zero attached hydrogens (tertiary/aromatic N) is 1. The van der Waals surface area contributed by atoms with E-state index in [0.717, 1.165) is 25.7 Å². The monoisotopic (exact) mass is 288 g/mol. The quantitative estimate of drug-likeness (QED) is 0.754. The van der Waals surface area contributed by atoms with Crippen molar-refractivity contribution in [2.45, 2.75) is 31.7 Å². The van der Waals surface area contributed by atoms with Crippen molar-refractivity contribution in [2.75, 3.05) is 0 Å². The lowest BCUT2D eigenvalue weighted by molar-refractivity contribution is 0.0933. The predicted octanol–water partition coefficient (Wildman–Crippen LogP) is 2.43. The molecule has 0 saturated heterocycles. The van der Waals surface area contributed by atoms with E-state index in [1.54, 1.807) is 6.07 Å². The largest absolute Gasteiger partial charge is 0.504 e. The van der Waals surface area contributed by atoms with Gasteiger partial charge in [0.2, 0.25) is 0 Å². The van der Waals surface area contributed by atoms with E-state index in [4.69, 9.17) is 4.42 Å². The van der Waals surface area contributed by atoms with E-state index in [9.17, 15) is 15.0 Å². The predicted molar refractivity (Wildman–Crippen MR) is 75.0 cm³/mol. The summed E-state index contributed by atoms with van der Waals surface area (Å²) in [5.41, 5.74) is 0.673. The standard InChI is InChI=1S/C15H16N2O4/c18-11-6-5-9(7-12(11)19)14-13(16-8-21-14)15(20)17-10-3-1-2-4-10/h5-8,10,18-19H,1-4H2,(H,17,20). The minimum absolute atomic E-state index is 0.187. The Morgan fingerprint density at radius 3 is 2.71 bits per heavy atom. The van der Waals surface area contributed by atoms with Gasteiger partial charge in [-0.25, -0.2) is 4.98 Å². The van der Waals surface area contributed by atoms with Crippen molar-refractivity contribution in [3.05, 3.63) is 30.3 Å². The minimum Gasteiger partial charge on any atom is -0.504 e. The molecule has 2 aromatic rings. The number of hydrogen-bond acceptors (Lipinski definition) is 5. The van der Waals surface area contributed by atoms with E-state index in [0.29, 0.717) is 5.56 Å². The molecule has 0 unspecified atom stereocenters. The van der Waals surface area contributed by atoms with Gasteiger partial charge in [-0.1, -0.05) is 12.8 Å². The summed E-state index contributed by atoms with van der Waals surface area (Å²) in [6, 6.07) is 4.42. The number of benzene rings is 1. The zero-order chi connectivity index (χ0) is 14.8. The van der Waals surface area contributed by atoms with Crippen LogP contribution in [0.3, 0.4) is 0 Å². The summed E-state index contributed by atoms with van der Waals surface area (Å²) in [5, 5.41) is 21.8. The highest BCUT2D eigenvalue weighted by Crippen LogP contribution is 2.32. The molecule has 1 saturated carbocycles. The molecule has 0 spiro atoms. The summed E-state index contributed by atoms with van der Waals surface area (Å²) < 4.78 is 5.27. The molecule has 3 N–H and O–H groups in total. The van der Waals surface area contributed by atoms with E-state index >= 15 is 0 Å². The van der Waals surface area contributed by atoms with Crippen molar-refractivity contribution in [1.29, 1.82) is 0 Å². The van der Waals surface area contributed by atoms with Crippen molar-refractivity contribution < 1.29 is 19.4 Å². The van der Waals surface area contributed by atoms with Crippen molar-refractivity contribution in [2.24, 2.45) is 0 Å². The summed E-state index contributed by atoms with van der Waals surface area (Å²) in [6.07, 6.45) is 5.42. The molecule has 21 heavy (non-hydrogen) atoms. The topological polar surface area (TPSA) is 95.6 Å². The number of amides is 1. The van der Waals surface area contributed by atoms with E-state index in [2.05, 4.69) is 10.3 Å². The lowest BCUT2D eigenvalue weighted by atomic mass is 10.1. The number of nitrogens with one attached hydrogen (secondary N) is 1. The Hall–Kier alpha value is -2.50. The lowest BCUT2D eigenvalue weighted by Gasteiger charge is -2.11. The maximum atomic E-state index is 12.3. The van der Waals surface area contributed by atoms with Crippen LogP contribution >= 0.6 is 0 Å². The number of aromatic hydroxyl groups is 2. The van der Waals surface area contributed by atoms with Crippen LogP contribution in [-0.2, 0) is 0 Å². The molecule has 1 fully saturated rings. The number of rotatable bonds is 3. The number of oxazole rings is 1. The summed E-state index contributed by atoms with van der Waals surface area (Å²) >= 11 is 0. The number of phenols is 2. The molecule has 3 rings (SSSR count). The number of hydrogen-bond donors (Lipinski definition) is 3. The first-order valence-electron chi connectivity index (χ1n) is 6.92. The molecule has 110 valence electrons. The van der Waals surface area contributed by atoms with Crippen LogP contribution in [0, 0.1) is 0 Å². The van der Waals surface area contributed by atoms with Crippen LogP contribution in [0.2, 0.25) is 0 Å². The van der Waals surface area contributed by atoms with Gasteiger partial charge in [-0.05, 0) is 31.0 Å². The van der Waals surface area contributed by atoms with Gasteiger partial charge in [0.05, 0.1) is 0 Å². The number of aromatic nitrogens is 1. The van der Waals surface area contributed by atoms with Crippen molar-refractivity contribution in [3.63, 3.8) is 0 Å². The molecule has 6 heteroatoms. The van der Waals surface area contributed by atoms with Gasteiger partial charge in [-0.2, -0.15) is 0 Å². The van der Waals surface area contributed by atoms with Crippen LogP contribution in [-0.4, -0.2) is 27.1 Å². The number of carbonyl (C=O) groups is 1. The van der Waals surface area contributed by atoms with Gasteiger partial charge < -0.3 is 19.9 Å². The van der Waals surface area contributed by atoms with Crippen LogP contribution in [0.25, 0.3) is 11.3 Å². The van der Waals surface area contributed by atoms with Crippen molar-refractivity contribution in [3.8, 4) is 22.8 Å². The number of carbonyl (C=O) groups excluding carboxylic acids is 1.